The molecule has 0 N–H and O–H groups in total. The largest absolute Gasteiger partial charge is 2.00 e. The second-order valence-electron chi connectivity index (χ2n) is 5.52. The van der Waals surface area contributed by atoms with E-state index in [4.69, 9.17) is 0 Å². The van der Waals surface area contributed by atoms with Gasteiger partial charge in [-0.2, -0.15) is 56.6 Å². The second-order valence-corrected chi connectivity index (χ2v) is 5.52. The molecule has 0 aromatic heterocycles. The Bertz CT molecular complexity index is 443. The van der Waals surface area contributed by atoms with Crippen molar-refractivity contribution in [2.75, 3.05) is 0 Å². The van der Waals surface area contributed by atoms with Crippen LogP contribution in [0.4, 0.5) is 0 Å². The van der Waals surface area contributed by atoms with E-state index >= 15 is 0 Å². The first-order valence-corrected chi connectivity index (χ1v) is 6.65. The summed E-state index contributed by atoms with van der Waals surface area (Å²) < 4.78 is 0. The fourth-order valence-electron chi connectivity index (χ4n) is 2.27. The van der Waals surface area contributed by atoms with E-state index in [1.165, 1.54) is 44.5 Å². The summed E-state index contributed by atoms with van der Waals surface area (Å²) in [5.41, 5.74) is 11.5. The van der Waals surface area contributed by atoms with Crippen LogP contribution in [0.15, 0.2) is 12.1 Å². The zero-order chi connectivity index (χ0) is 14.0. The van der Waals surface area contributed by atoms with Crippen molar-refractivity contribution in [2.24, 2.45) is 0 Å². The van der Waals surface area contributed by atoms with Gasteiger partial charge in [-0.15, -0.1) is 0 Å². The van der Waals surface area contributed by atoms with E-state index in [-0.39, 0.29) is 17.1 Å². The van der Waals surface area contributed by atoms with Crippen molar-refractivity contribution in [1.29, 1.82) is 0 Å². The number of hydrogen-bond acceptors (Lipinski definition) is 0. The zero-order valence-corrected chi connectivity index (χ0v) is 14.7. The molecule has 0 heterocycles. The van der Waals surface area contributed by atoms with Gasteiger partial charge in [-0.3, -0.25) is 0 Å². The Balaban J connectivity index is 0.000000324. The van der Waals surface area contributed by atoms with Gasteiger partial charge in [0.25, 0.3) is 0 Å². The van der Waals surface area contributed by atoms with E-state index in [1.54, 1.807) is 0 Å². The molecule has 0 fully saturated rings. The molecule has 0 unspecified atom stereocenters. The maximum atomic E-state index is 2.24. The topological polar surface area (TPSA) is 0 Å². The smallest absolute Gasteiger partial charge is 0.196 e. The Morgan fingerprint density at radius 3 is 0.632 bits per heavy atom. The molecule has 0 bridgehead atoms. The molecule has 0 saturated heterocycles. The third kappa shape index (κ3) is 4.09. The predicted octanol–water partition coefficient (Wildman–Crippen LogP) is 5.28. The zero-order valence-electron chi connectivity index (χ0n) is 13.5. The molecule has 1 heteroatoms. The summed E-state index contributed by atoms with van der Waals surface area (Å²) in [4.78, 5) is 0. The Labute approximate surface area is 129 Å². The standard InChI is InChI=1S/2C9H13.Mn/c2*1-6-5-7(2)9(4)8(6)3;/h2*5H,1-4H3;/q2*-1;+2. The molecule has 19 heavy (non-hydrogen) atoms. The van der Waals surface area contributed by atoms with Gasteiger partial charge in [0.2, 0.25) is 0 Å². The molecule has 105 valence electrons. The van der Waals surface area contributed by atoms with E-state index in [1.807, 2.05) is 0 Å². The summed E-state index contributed by atoms with van der Waals surface area (Å²) >= 11 is 0. The van der Waals surface area contributed by atoms with Gasteiger partial charge < -0.3 is 0 Å². The summed E-state index contributed by atoms with van der Waals surface area (Å²) in [5, 5.41) is 0. The van der Waals surface area contributed by atoms with Crippen LogP contribution < -0.4 is 0 Å². The predicted molar refractivity (Wildman–Crippen MR) is 82.0 cm³/mol. The molecule has 2 aromatic carbocycles. The second kappa shape index (κ2) is 7.12. The van der Waals surface area contributed by atoms with E-state index < -0.39 is 0 Å². The van der Waals surface area contributed by atoms with Gasteiger partial charge in [0.15, 0.2) is 0 Å². The van der Waals surface area contributed by atoms with Crippen molar-refractivity contribution in [3.05, 3.63) is 56.6 Å². The van der Waals surface area contributed by atoms with Crippen molar-refractivity contribution in [1.82, 2.24) is 0 Å². The first-order chi connectivity index (χ1) is 8.25. The van der Waals surface area contributed by atoms with Crippen LogP contribution in [-0.4, -0.2) is 0 Å². The van der Waals surface area contributed by atoms with Gasteiger partial charge in [0.05, 0.1) is 0 Å². The molecule has 0 amide bonds. The average Bonchev–Trinajstić information content (AvgIpc) is 2.66. The minimum Gasteiger partial charge on any atom is -0.196 e. The van der Waals surface area contributed by atoms with E-state index in [2.05, 4.69) is 67.5 Å². The Kier molecular flexibility index (Phi) is 6.83. The maximum absolute atomic E-state index is 2.24. The Hall–Kier alpha value is -0.781. The van der Waals surface area contributed by atoms with Gasteiger partial charge in [-0.25, -0.2) is 0 Å². The van der Waals surface area contributed by atoms with Crippen molar-refractivity contribution < 1.29 is 17.1 Å². The maximum Gasteiger partial charge on any atom is 2.00 e. The number of aryl methyl sites for hydroxylation is 4. The van der Waals surface area contributed by atoms with Crippen LogP contribution in [0.3, 0.4) is 0 Å². The molecule has 1 radical (unpaired) electrons. The molecule has 0 nitrogen and oxygen atoms in total. The molecule has 0 aliphatic carbocycles. The quantitative estimate of drug-likeness (QED) is 0.458. The van der Waals surface area contributed by atoms with Gasteiger partial charge in [0.1, 0.15) is 0 Å². The van der Waals surface area contributed by atoms with E-state index in [0.29, 0.717) is 0 Å². The van der Waals surface area contributed by atoms with Crippen LogP contribution in [0.5, 0.6) is 0 Å². The van der Waals surface area contributed by atoms with Gasteiger partial charge in [-0.1, -0.05) is 55.4 Å². The van der Waals surface area contributed by atoms with Gasteiger partial charge >= 0.3 is 17.1 Å². The van der Waals surface area contributed by atoms with Crippen molar-refractivity contribution in [3.8, 4) is 0 Å². The fraction of sp³-hybridized carbons (Fsp3) is 0.444. The summed E-state index contributed by atoms with van der Waals surface area (Å²) in [6, 6.07) is 4.48. The normalized spacial score (nSPS) is 9.68. The molecule has 2 aromatic rings. The first kappa shape index (κ1) is 18.2. The third-order valence-electron chi connectivity index (χ3n) is 4.36. The third-order valence-corrected chi connectivity index (χ3v) is 4.36. The molecule has 2 rings (SSSR count). The molecule has 0 aliphatic rings. The summed E-state index contributed by atoms with van der Waals surface area (Å²) in [6.07, 6.45) is 0. The van der Waals surface area contributed by atoms with Crippen LogP contribution in [-0.2, 0) is 17.1 Å². The minimum atomic E-state index is 0. The molecule has 0 atom stereocenters. The summed E-state index contributed by atoms with van der Waals surface area (Å²) in [6.45, 7) is 17.4. The van der Waals surface area contributed by atoms with Crippen LogP contribution in [0.2, 0.25) is 0 Å². The Morgan fingerprint density at radius 2 is 0.579 bits per heavy atom. The van der Waals surface area contributed by atoms with Crippen LogP contribution in [0, 0.1) is 55.4 Å². The van der Waals surface area contributed by atoms with Crippen molar-refractivity contribution in [2.45, 2.75) is 55.4 Å². The molecular weight excluding hydrogens is 271 g/mol. The minimum absolute atomic E-state index is 0. The summed E-state index contributed by atoms with van der Waals surface area (Å²) in [5.74, 6) is 0. The fourth-order valence-corrected chi connectivity index (χ4v) is 2.27. The van der Waals surface area contributed by atoms with E-state index in [9.17, 15) is 0 Å². The SMILES string of the molecule is Cc1[cH-]c(C)c(C)c1C.Cc1[cH-]c(C)c(C)c1C.[Mn+2]. The van der Waals surface area contributed by atoms with Crippen LogP contribution >= 0.6 is 0 Å². The molecule has 0 saturated carbocycles. The number of rotatable bonds is 0. The summed E-state index contributed by atoms with van der Waals surface area (Å²) in [7, 11) is 0. The molecule has 0 aliphatic heterocycles. The van der Waals surface area contributed by atoms with E-state index in [0.717, 1.165) is 0 Å². The molecular formula is C18H26Mn. The number of hydrogen-bond donors (Lipinski definition) is 0. The first-order valence-electron chi connectivity index (χ1n) is 6.65. The van der Waals surface area contributed by atoms with Crippen molar-refractivity contribution >= 4 is 0 Å². The van der Waals surface area contributed by atoms with Crippen LogP contribution in [0.1, 0.15) is 44.5 Å². The Morgan fingerprint density at radius 1 is 0.421 bits per heavy atom. The van der Waals surface area contributed by atoms with Gasteiger partial charge in [-0.05, 0) is 0 Å². The monoisotopic (exact) mass is 297 g/mol. The van der Waals surface area contributed by atoms with Gasteiger partial charge in [0, 0.05) is 0 Å². The average molecular weight is 297 g/mol. The van der Waals surface area contributed by atoms with Crippen LogP contribution in [0.25, 0.3) is 0 Å². The molecule has 0 spiro atoms. The van der Waals surface area contributed by atoms with Crippen molar-refractivity contribution in [3.63, 3.8) is 0 Å².